The number of unbranched alkanes of at least 4 members (excludes halogenated alkanes) is 2. The number of carbonyl (C=O) groups excluding carboxylic acids is 1. The van der Waals surface area contributed by atoms with Gasteiger partial charge in [0.1, 0.15) is 29.9 Å². The number of allylic oxidation sites excluding steroid dienone is 1. The van der Waals surface area contributed by atoms with E-state index in [-0.39, 0.29) is 68.7 Å². The van der Waals surface area contributed by atoms with Crippen LogP contribution in [-0.4, -0.2) is 63.3 Å². The molecule has 9 rings (SSSR count). The molecule has 6 aromatic rings. The molecule has 0 bridgehead atoms. The van der Waals surface area contributed by atoms with E-state index in [4.69, 9.17) is 24.2 Å². The van der Waals surface area contributed by atoms with Crippen molar-refractivity contribution in [3.8, 4) is 17.2 Å². The fourth-order valence-electron chi connectivity index (χ4n) is 11.3. The second-order valence-corrected chi connectivity index (χ2v) is 19.7. The Bertz CT molecular complexity index is 3040. The number of benzene rings is 6. The molecular weight excluding hydrogens is 931 g/mol. The molecule has 0 spiro atoms. The average molecular weight is 996 g/mol. The maximum absolute atomic E-state index is 15.6. The molecule has 1 amide bonds. The third-order valence-electron chi connectivity index (χ3n) is 15.0. The first-order chi connectivity index (χ1) is 36.1. The van der Waals surface area contributed by atoms with Gasteiger partial charge in [-0.2, -0.15) is 0 Å². The highest BCUT2D eigenvalue weighted by Crippen LogP contribution is 2.62. The Morgan fingerprint density at radius 2 is 1.59 bits per heavy atom. The summed E-state index contributed by atoms with van der Waals surface area (Å²) in [5, 5.41) is 38.9. The lowest BCUT2D eigenvalue weighted by Crippen LogP contribution is -2.70. The Balaban J connectivity index is 1.26. The van der Waals surface area contributed by atoms with Crippen LogP contribution in [0.2, 0.25) is 0 Å². The van der Waals surface area contributed by atoms with Crippen LogP contribution in [0.4, 0.5) is 5.69 Å². The van der Waals surface area contributed by atoms with Gasteiger partial charge in [-0.3, -0.25) is 14.9 Å². The number of nitrogens with zero attached hydrogens (tertiary/aromatic N) is 3. The van der Waals surface area contributed by atoms with Gasteiger partial charge in [0.15, 0.2) is 0 Å². The Labute approximate surface area is 433 Å². The molecule has 1 saturated carbocycles. The summed E-state index contributed by atoms with van der Waals surface area (Å²) >= 11 is 0. The molecule has 6 aromatic carbocycles. The van der Waals surface area contributed by atoms with Gasteiger partial charge < -0.3 is 34.2 Å². The molecule has 1 aliphatic heterocycles. The topological polar surface area (TPSA) is 153 Å². The molecule has 382 valence electrons. The summed E-state index contributed by atoms with van der Waals surface area (Å²) in [6.45, 7) is 8.87. The van der Waals surface area contributed by atoms with Crippen LogP contribution in [0.5, 0.6) is 17.2 Å². The van der Waals surface area contributed by atoms with Crippen molar-refractivity contribution in [2.45, 2.75) is 89.7 Å². The number of ether oxygens (including phenoxy) is 3. The number of aryl methyl sites for hydroxylation is 2. The number of nitro groups is 1. The van der Waals surface area contributed by atoms with Gasteiger partial charge in [-0.25, -0.2) is 0 Å². The maximum atomic E-state index is 15.6. The lowest BCUT2D eigenvalue weighted by atomic mass is 9.55. The standard InChI is InChI=1S/C62H65N3O9/c1-4-35-71-62-58(64(40-48-20-14-19-46-17-8-9-21-52(46)48)59(68)32-26-44-24-27-49(28-25-44)65(69)70)39-56(63-72-41-45-15-6-5-7-16-45)54-37-47(18-10-12-33-66)53(22-11-13-34-67)60(61(54)62)55-38-51(30-31-57(55)74-62)73-50-29-23-42(2)43(3)36-50/h4-9,14-17,19-21,23-32,36-38,47,53,58,60-61,66-67H,1,10-13,18,22,33-35,39-41H2,2-3H3/t47-,53+,58-,60+,61+,62+/m0/s1. The van der Waals surface area contributed by atoms with Crippen LogP contribution < -0.4 is 9.47 Å². The summed E-state index contributed by atoms with van der Waals surface area (Å²) in [7, 11) is 0. The fraction of sp³-hybridized carbons (Fsp3) is 0.323. The number of hydrogen-bond donors (Lipinski definition) is 2. The van der Waals surface area contributed by atoms with Gasteiger partial charge >= 0.3 is 0 Å². The highest BCUT2D eigenvalue weighted by Gasteiger charge is 2.65. The van der Waals surface area contributed by atoms with E-state index >= 15 is 4.79 Å². The number of fused-ring (bicyclic) bond motifs is 3. The van der Waals surface area contributed by atoms with Crippen molar-refractivity contribution in [2.75, 3.05) is 19.8 Å². The zero-order valence-corrected chi connectivity index (χ0v) is 42.2. The normalized spacial score (nSPS) is 21.3. The van der Waals surface area contributed by atoms with Crippen LogP contribution in [0.25, 0.3) is 16.8 Å². The lowest BCUT2D eigenvalue weighted by molar-refractivity contribution is -0.384. The highest BCUT2D eigenvalue weighted by atomic mass is 16.7. The van der Waals surface area contributed by atoms with E-state index < -0.39 is 22.7 Å². The van der Waals surface area contributed by atoms with E-state index in [1.54, 1.807) is 24.3 Å². The Kier molecular flexibility index (Phi) is 16.5. The predicted molar refractivity (Wildman–Crippen MR) is 289 cm³/mol. The fourth-order valence-corrected chi connectivity index (χ4v) is 11.3. The molecule has 0 radical (unpaired) electrons. The third-order valence-corrected chi connectivity index (χ3v) is 15.0. The van der Waals surface area contributed by atoms with Crippen molar-refractivity contribution in [1.29, 1.82) is 0 Å². The summed E-state index contributed by atoms with van der Waals surface area (Å²) in [5.74, 6) is -0.710. The first-order valence-electron chi connectivity index (χ1n) is 25.8. The molecule has 2 aliphatic carbocycles. The average Bonchev–Trinajstić information content (AvgIpc) is 3.41. The Morgan fingerprint density at radius 3 is 2.35 bits per heavy atom. The smallest absolute Gasteiger partial charge is 0.269 e. The number of nitro benzene ring substituents is 1. The summed E-state index contributed by atoms with van der Waals surface area (Å²) in [4.78, 5) is 34.9. The molecule has 12 heteroatoms. The van der Waals surface area contributed by atoms with E-state index in [1.807, 2.05) is 83.8 Å². The number of aliphatic hydroxyl groups is 2. The molecule has 3 aliphatic rings. The van der Waals surface area contributed by atoms with Crippen LogP contribution in [0.1, 0.15) is 84.2 Å². The molecule has 0 unspecified atom stereocenters. The first-order valence-corrected chi connectivity index (χ1v) is 25.8. The van der Waals surface area contributed by atoms with Crippen LogP contribution in [0.15, 0.2) is 169 Å². The number of non-ortho nitro benzene ring substituents is 1. The van der Waals surface area contributed by atoms with Gasteiger partial charge in [-0.05, 0) is 144 Å². The summed E-state index contributed by atoms with van der Waals surface area (Å²) in [6, 6.07) is 41.4. The summed E-state index contributed by atoms with van der Waals surface area (Å²) < 4.78 is 21.5. The minimum atomic E-state index is -1.53. The number of amides is 1. The van der Waals surface area contributed by atoms with Gasteiger partial charge in [0.05, 0.1) is 23.2 Å². The van der Waals surface area contributed by atoms with Gasteiger partial charge in [-0.15, -0.1) is 6.58 Å². The van der Waals surface area contributed by atoms with Crippen LogP contribution >= 0.6 is 0 Å². The van der Waals surface area contributed by atoms with Gasteiger partial charge in [0, 0.05) is 55.9 Å². The van der Waals surface area contributed by atoms with Crippen molar-refractivity contribution in [3.05, 3.63) is 207 Å². The van der Waals surface area contributed by atoms with Crippen molar-refractivity contribution in [2.24, 2.45) is 22.9 Å². The molecule has 2 N–H and O–H groups in total. The second kappa shape index (κ2) is 23.7. The molecule has 74 heavy (non-hydrogen) atoms. The Morgan fingerprint density at radius 1 is 0.865 bits per heavy atom. The van der Waals surface area contributed by atoms with Crippen molar-refractivity contribution < 1.29 is 39.0 Å². The third kappa shape index (κ3) is 11.2. The van der Waals surface area contributed by atoms with Gasteiger partial charge in [-0.1, -0.05) is 109 Å². The highest BCUT2D eigenvalue weighted by molar-refractivity contribution is 6.03. The minimum Gasteiger partial charge on any atom is -0.459 e. The zero-order chi connectivity index (χ0) is 51.6. The van der Waals surface area contributed by atoms with E-state index in [1.165, 1.54) is 23.8 Å². The van der Waals surface area contributed by atoms with E-state index in [0.717, 1.165) is 64.3 Å². The monoisotopic (exact) mass is 995 g/mol. The largest absolute Gasteiger partial charge is 0.459 e. The predicted octanol–water partition coefficient (Wildman–Crippen LogP) is 12.7. The number of carbonyl (C=O) groups is 1. The zero-order valence-electron chi connectivity index (χ0n) is 42.2. The molecule has 1 fully saturated rings. The van der Waals surface area contributed by atoms with Crippen LogP contribution in [-0.2, 0) is 27.5 Å². The van der Waals surface area contributed by atoms with Crippen LogP contribution in [0.3, 0.4) is 0 Å². The molecule has 1 heterocycles. The quantitative estimate of drug-likeness (QED) is 0.0222. The second-order valence-electron chi connectivity index (χ2n) is 19.7. The number of aliphatic hydroxyl groups excluding tert-OH is 2. The summed E-state index contributed by atoms with van der Waals surface area (Å²) in [6.07, 6.45) is 11.8. The lowest BCUT2D eigenvalue weighted by Gasteiger charge is -2.60. The van der Waals surface area contributed by atoms with E-state index in [2.05, 4.69) is 56.8 Å². The Hall–Kier alpha value is -7.38. The maximum Gasteiger partial charge on any atom is 0.269 e. The van der Waals surface area contributed by atoms with Crippen molar-refractivity contribution in [3.63, 3.8) is 0 Å². The van der Waals surface area contributed by atoms with Gasteiger partial charge in [0.25, 0.3) is 5.69 Å². The molecule has 12 nitrogen and oxygen atoms in total. The number of oxime groups is 1. The van der Waals surface area contributed by atoms with Gasteiger partial charge in [0.2, 0.25) is 11.7 Å². The van der Waals surface area contributed by atoms with E-state index in [0.29, 0.717) is 41.4 Å². The molecule has 6 atom stereocenters. The minimum absolute atomic E-state index is 0.00490. The molecular formula is C62H65N3O9. The summed E-state index contributed by atoms with van der Waals surface area (Å²) in [5.41, 5.74) is 7.23. The molecule has 0 aromatic heterocycles. The SMILES string of the molecule is C=CCO[C@@]12Oc3ccc(Oc4ccc(C)c(C)c4)cc3[C@H]3[C@H](CCCCO)[C@@H](CCCCO)C=C(C(=NOCc4ccccc4)C[C@@H]1N(Cc1cccc4ccccc14)C(=O)C=Cc1ccc([N+](=O)[O-])cc1)[C@H]32. The molecule has 0 saturated heterocycles. The van der Waals surface area contributed by atoms with Crippen molar-refractivity contribution >= 4 is 34.2 Å². The van der Waals surface area contributed by atoms with E-state index in [9.17, 15) is 20.3 Å². The van der Waals surface area contributed by atoms with Crippen LogP contribution in [0, 0.1) is 41.7 Å². The first kappa shape index (κ1) is 51.5. The number of rotatable bonds is 22. The number of hydrogen-bond acceptors (Lipinski definition) is 10. The van der Waals surface area contributed by atoms with Crippen molar-refractivity contribution in [1.82, 2.24) is 4.90 Å².